The van der Waals surface area contributed by atoms with Gasteiger partial charge in [0.05, 0.1) is 11.8 Å². The average Bonchev–Trinajstić information content (AvgIpc) is 2.80. The van der Waals surface area contributed by atoms with Crippen LogP contribution >= 0.6 is 23.4 Å². The zero-order valence-corrected chi connectivity index (χ0v) is 13.3. The Labute approximate surface area is 133 Å². The van der Waals surface area contributed by atoms with E-state index in [4.69, 9.17) is 16.1 Å². The van der Waals surface area contributed by atoms with Gasteiger partial charge >= 0.3 is 0 Å². The number of aromatic nitrogens is 2. The van der Waals surface area contributed by atoms with Gasteiger partial charge in [-0.25, -0.2) is 0 Å². The quantitative estimate of drug-likeness (QED) is 0.854. The SMILES string of the molecule is Clc1ccc(SCc2noc(C3CCCCCN3)n2)cc1. The van der Waals surface area contributed by atoms with Gasteiger partial charge in [0.25, 0.3) is 0 Å². The van der Waals surface area contributed by atoms with Crippen molar-refractivity contribution in [2.24, 2.45) is 0 Å². The van der Waals surface area contributed by atoms with E-state index >= 15 is 0 Å². The van der Waals surface area contributed by atoms with E-state index < -0.39 is 0 Å². The summed E-state index contributed by atoms with van der Waals surface area (Å²) in [4.78, 5) is 5.67. The van der Waals surface area contributed by atoms with Gasteiger partial charge in [0, 0.05) is 9.92 Å². The summed E-state index contributed by atoms with van der Waals surface area (Å²) in [6.45, 7) is 1.03. The molecular formula is C15H18ClN3OS. The number of nitrogens with one attached hydrogen (secondary N) is 1. The molecule has 0 bridgehead atoms. The summed E-state index contributed by atoms with van der Waals surface area (Å²) in [5.41, 5.74) is 0. The Morgan fingerprint density at radius 1 is 1.24 bits per heavy atom. The fraction of sp³-hybridized carbons (Fsp3) is 0.467. The molecule has 1 fully saturated rings. The summed E-state index contributed by atoms with van der Waals surface area (Å²) in [5.74, 6) is 2.18. The van der Waals surface area contributed by atoms with E-state index in [0.29, 0.717) is 5.75 Å². The summed E-state index contributed by atoms with van der Waals surface area (Å²) in [6.07, 6.45) is 4.79. The number of halogens is 1. The van der Waals surface area contributed by atoms with Crippen LogP contribution in [0.2, 0.25) is 5.02 Å². The lowest BCUT2D eigenvalue weighted by Crippen LogP contribution is -2.20. The molecule has 2 heterocycles. The normalized spacial score (nSPS) is 19.4. The highest BCUT2D eigenvalue weighted by atomic mass is 35.5. The topological polar surface area (TPSA) is 51.0 Å². The number of thioether (sulfide) groups is 1. The van der Waals surface area contributed by atoms with Crippen molar-refractivity contribution in [1.29, 1.82) is 0 Å². The van der Waals surface area contributed by atoms with Crippen molar-refractivity contribution in [2.75, 3.05) is 6.54 Å². The van der Waals surface area contributed by atoms with E-state index in [1.54, 1.807) is 11.8 Å². The van der Waals surface area contributed by atoms with E-state index in [1.165, 1.54) is 19.3 Å². The molecule has 0 saturated carbocycles. The molecule has 1 aliphatic rings. The Bertz CT molecular complexity index is 565. The first-order chi connectivity index (χ1) is 10.3. The highest BCUT2D eigenvalue weighted by Gasteiger charge is 2.19. The number of hydrogen-bond donors (Lipinski definition) is 1. The van der Waals surface area contributed by atoms with Crippen LogP contribution in [-0.4, -0.2) is 16.7 Å². The molecule has 1 unspecified atom stereocenters. The van der Waals surface area contributed by atoms with Crippen LogP contribution < -0.4 is 5.32 Å². The summed E-state index contributed by atoms with van der Waals surface area (Å²) in [6, 6.07) is 8.00. The van der Waals surface area contributed by atoms with Gasteiger partial charge in [-0.3, -0.25) is 0 Å². The van der Waals surface area contributed by atoms with Crippen molar-refractivity contribution in [3.63, 3.8) is 0 Å². The van der Waals surface area contributed by atoms with Crippen molar-refractivity contribution in [3.8, 4) is 0 Å². The van der Waals surface area contributed by atoms with Crippen LogP contribution in [0.1, 0.15) is 43.4 Å². The van der Waals surface area contributed by atoms with Gasteiger partial charge in [0.2, 0.25) is 5.89 Å². The highest BCUT2D eigenvalue weighted by Crippen LogP contribution is 2.25. The first-order valence-corrected chi connectivity index (χ1v) is 8.62. The second kappa shape index (κ2) is 7.29. The molecule has 0 aliphatic carbocycles. The van der Waals surface area contributed by atoms with Crippen molar-refractivity contribution in [3.05, 3.63) is 41.0 Å². The molecule has 0 radical (unpaired) electrons. The van der Waals surface area contributed by atoms with Crippen LogP contribution in [-0.2, 0) is 5.75 Å². The van der Waals surface area contributed by atoms with Crippen molar-refractivity contribution < 1.29 is 4.52 Å². The maximum atomic E-state index is 5.88. The molecule has 1 aromatic carbocycles. The molecule has 2 aromatic rings. The van der Waals surface area contributed by atoms with E-state index in [0.717, 1.165) is 34.6 Å². The van der Waals surface area contributed by atoms with E-state index in [9.17, 15) is 0 Å². The van der Waals surface area contributed by atoms with Gasteiger partial charge in [0.15, 0.2) is 5.82 Å². The molecule has 0 amide bonds. The lowest BCUT2D eigenvalue weighted by molar-refractivity contribution is 0.325. The van der Waals surface area contributed by atoms with Crippen molar-refractivity contribution in [2.45, 2.75) is 42.4 Å². The maximum Gasteiger partial charge on any atom is 0.243 e. The van der Waals surface area contributed by atoms with Crippen LogP contribution in [0.4, 0.5) is 0 Å². The van der Waals surface area contributed by atoms with E-state index in [2.05, 4.69) is 15.5 Å². The summed E-state index contributed by atoms with van der Waals surface area (Å²) < 4.78 is 5.41. The molecule has 1 atom stereocenters. The standard InChI is InChI=1S/C15H18ClN3OS/c16-11-5-7-12(8-6-11)21-10-14-18-15(20-19-14)13-4-2-1-3-9-17-13/h5-8,13,17H,1-4,9-10H2. The Balaban J connectivity index is 1.58. The third-order valence-electron chi connectivity index (χ3n) is 3.52. The average molecular weight is 324 g/mol. The number of hydrogen-bond acceptors (Lipinski definition) is 5. The summed E-state index contributed by atoms with van der Waals surface area (Å²) >= 11 is 7.56. The van der Waals surface area contributed by atoms with Crippen molar-refractivity contribution in [1.82, 2.24) is 15.5 Å². The Hall–Kier alpha value is -1.04. The van der Waals surface area contributed by atoms with Crippen LogP contribution in [0.3, 0.4) is 0 Å². The molecule has 21 heavy (non-hydrogen) atoms. The number of rotatable bonds is 4. The van der Waals surface area contributed by atoms with Crippen LogP contribution in [0.25, 0.3) is 0 Å². The molecule has 1 aromatic heterocycles. The lowest BCUT2D eigenvalue weighted by atomic mass is 10.1. The van der Waals surface area contributed by atoms with Crippen LogP contribution in [0, 0.1) is 0 Å². The molecule has 1 N–H and O–H groups in total. The van der Waals surface area contributed by atoms with Gasteiger partial charge in [0.1, 0.15) is 0 Å². The van der Waals surface area contributed by atoms with E-state index in [-0.39, 0.29) is 6.04 Å². The molecule has 112 valence electrons. The predicted octanol–water partition coefficient (Wildman–Crippen LogP) is 4.22. The number of nitrogens with zero attached hydrogens (tertiary/aromatic N) is 2. The smallest absolute Gasteiger partial charge is 0.243 e. The molecule has 3 rings (SSSR count). The van der Waals surface area contributed by atoms with Gasteiger partial charge < -0.3 is 9.84 Å². The fourth-order valence-electron chi connectivity index (χ4n) is 2.39. The molecule has 6 heteroatoms. The summed E-state index contributed by atoms with van der Waals surface area (Å²) in [5, 5.41) is 8.31. The molecule has 0 spiro atoms. The minimum absolute atomic E-state index is 0.217. The third-order valence-corrected chi connectivity index (χ3v) is 4.78. The van der Waals surface area contributed by atoms with Crippen molar-refractivity contribution >= 4 is 23.4 Å². The van der Waals surface area contributed by atoms with E-state index in [1.807, 2.05) is 24.3 Å². The summed E-state index contributed by atoms with van der Waals surface area (Å²) in [7, 11) is 0. The van der Waals surface area contributed by atoms with Gasteiger partial charge in [-0.2, -0.15) is 4.98 Å². The zero-order chi connectivity index (χ0) is 14.5. The largest absolute Gasteiger partial charge is 0.338 e. The third kappa shape index (κ3) is 4.22. The molecule has 1 aliphatic heterocycles. The predicted molar refractivity (Wildman–Crippen MR) is 84.5 cm³/mol. The van der Waals surface area contributed by atoms with Crippen LogP contribution in [0.15, 0.2) is 33.7 Å². The Kier molecular flexibility index (Phi) is 5.17. The first kappa shape index (κ1) is 14.9. The Morgan fingerprint density at radius 2 is 2.10 bits per heavy atom. The van der Waals surface area contributed by atoms with Gasteiger partial charge in [-0.05, 0) is 43.7 Å². The monoisotopic (exact) mass is 323 g/mol. The molecule has 1 saturated heterocycles. The van der Waals surface area contributed by atoms with Gasteiger partial charge in [-0.1, -0.05) is 29.6 Å². The first-order valence-electron chi connectivity index (χ1n) is 7.25. The maximum absolute atomic E-state index is 5.88. The molecular weight excluding hydrogens is 306 g/mol. The Morgan fingerprint density at radius 3 is 2.95 bits per heavy atom. The van der Waals surface area contributed by atoms with Gasteiger partial charge in [-0.15, -0.1) is 11.8 Å². The highest BCUT2D eigenvalue weighted by molar-refractivity contribution is 7.98. The second-order valence-electron chi connectivity index (χ2n) is 5.15. The minimum atomic E-state index is 0.217. The molecule has 4 nitrogen and oxygen atoms in total. The lowest BCUT2D eigenvalue weighted by Gasteiger charge is -2.09. The zero-order valence-electron chi connectivity index (χ0n) is 11.7. The fourth-order valence-corrected chi connectivity index (χ4v) is 3.25. The van der Waals surface area contributed by atoms with Crippen LogP contribution in [0.5, 0.6) is 0 Å². The number of benzene rings is 1. The minimum Gasteiger partial charge on any atom is -0.338 e. The second-order valence-corrected chi connectivity index (χ2v) is 6.63.